The third kappa shape index (κ3) is 2.32. The lowest BCUT2D eigenvalue weighted by molar-refractivity contribution is -0.0711. The molecule has 4 heteroatoms. The van der Waals surface area contributed by atoms with Crippen molar-refractivity contribution in [1.29, 1.82) is 0 Å². The molecule has 4 bridgehead atoms. The van der Waals surface area contributed by atoms with Gasteiger partial charge in [-0.2, -0.15) is 0 Å². The first-order valence-electron chi connectivity index (χ1n) is 8.29. The molecule has 2 unspecified atom stereocenters. The lowest BCUT2D eigenvalue weighted by atomic mass is 9.48. The summed E-state index contributed by atoms with van der Waals surface area (Å²) in [6.07, 6.45) is 9.46. The first-order chi connectivity index (χ1) is 9.56. The Morgan fingerprint density at radius 3 is 2.15 bits per heavy atom. The number of amidine groups is 1. The highest BCUT2D eigenvalue weighted by atomic mass is 16.4. The Balaban J connectivity index is 1.72. The highest BCUT2D eigenvalue weighted by Gasteiger charge is 2.53. The van der Waals surface area contributed by atoms with E-state index in [0.29, 0.717) is 17.3 Å². The van der Waals surface area contributed by atoms with Gasteiger partial charge in [0, 0.05) is 6.04 Å². The van der Waals surface area contributed by atoms with Crippen LogP contribution in [0, 0.1) is 23.2 Å². The summed E-state index contributed by atoms with van der Waals surface area (Å²) in [7, 11) is 0. The van der Waals surface area contributed by atoms with Crippen molar-refractivity contribution in [2.75, 3.05) is 0 Å². The van der Waals surface area contributed by atoms with E-state index < -0.39 is 0 Å². The van der Waals surface area contributed by atoms with Crippen molar-refractivity contribution in [3.63, 3.8) is 0 Å². The average Bonchev–Trinajstić information content (AvgIpc) is 2.42. The van der Waals surface area contributed by atoms with E-state index in [4.69, 9.17) is 10.9 Å². The maximum absolute atomic E-state index is 8.91. The molecule has 0 aromatic heterocycles. The van der Waals surface area contributed by atoms with Gasteiger partial charge in [0.25, 0.3) is 0 Å². The predicted octanol–water partition coefficient (Wildman–Crippen LogP) is 2.71. The fourth-order valence-corrected chi connectivity index (χ4v) is 5.67. The van der Waals surface area contributed by atoms with Crippen molar-refractivity contribution < 1.29 is 5.21 Å². The molecule has 4 nitrogen and oxygen atoms in total. The zero-order valence-corrected chi connectivity index (χ0v) is 12.8. The van der Waals surface area contributed by atoms with Gasteiger partial charge in [0.05, 0.1) is 6.04 Å². The molecule has 0 saturated heterocycles. The number of nitrogens with two attached hydrogens (primary N) is 1. The Kier molecular flexibility index (Phi) is 3.69. The Morgan fingerprint density at radius 1 is 1.25 bits per heavy atom. The third-order valence-electron chi connectivity index (χ3n) is 6.34. The van der Waals surface area contributed by atoms with Gasteiger partial charge in [0.15, 0.2) is 5.84 Å². The molecule has 4 fully saturated rings. The molecule has 0 radical (unpaired) electrons. The zero-order chi connectivity index (χ0) is 14.3. The second kappa shape index (κ2) is 5.21. The van der Waals surface area contributed by atoms with Gasteiger partial charge in [-0.05, 0) is 75.0 Å². The second-order valence-electron chi connectivity index (χ2n) is 7.65. The molecule has 0 aromatic carbocycles. The van der Waals surface area contributed by atoms with Crippen molar-refractivity contribution in [2.24, 2.45) is 34.1 Å². The van der Waals surface area contributed by atoms with Crippen molar-refractivity contribution in [3.8, 4) is 0 Å². The van der Waals surface area contributed by atoms with Crippen LogP contribution >= 0.6 is 0 Å². The Bertz CT molecular complexity index is 358. The lowest BCUT2D eigenvalue weighted by Gasteiger charge is -2.59. The summed E-state index contributed by atoms with van der Waals surface area (Å²) < 4.78 is 0. The van der Waals surface area contributed by atoms with Gasteiger partial charge in [0.1, 0.15) is 0 Å². The van der Waals surface area contributed by atoms with Crippen molar-refractivity contribution in [3.05, 3.63) is 0 Å². The maximum atomic E-state index is 8.91. The maximum Gasteiger partial charge on any atom is 0.156 e. The number of hydrogen-bond donors (Lipinski definition) is 3. The number of nitrogens with zero attached hydrogens (tertiary/aromatic N) is 1. The Labute approximate surface area is 122 Å². The van der Waals surface area contributed by atoms with Gasteiger partial charge >= 0.3 is 0 Å². The molecule has 4 saturated carbocycles. The van der Waals surface area contributed by atoms with E-state index in [0.717, 1.165) is 24.2 Å². The predicted molar refractivity (Wildman–Crippen MR) is 80.7 cm³/mol. The Morgan fingerprint density at radius 2 is 1.75 bits per heavy atom. The normalized spacial score (nSPS) is 42.7. The van der Waals surface area contributed by atoms with Crippen LogP contribution in [-0.2, 0) is 0 Å². The number of rotatable bonds is 5. The van der Waals surface area contributed by atoms with Crippen molar-refractivity contribution in [1.82, 2.24) is 5.32 Å². The molecule has 0 aliphatic heterocycles. The molecule has 4 aliphatic rings. The molecule has 4 N–H and O–H groups in total. The molecule has 20 heavy (non-hydrogen) atoms. The van der Waals surface area contributed by atoms with E-state index in [2.05, 4.69) is 24.3 Å². The number of oxime groups is 1. The largest absolute Gasteiger partial charge is 0.409 e. The van der Waals surface area contributed by atoms with Crippen LogP contribution < -0.4 is 11.1 Å². The number of nitrogens with one attached hydrogen (secondary N) is 1. The van der Waals surface area contributed by atoms with Crippen LogP contribution in [-0.4, -0.2) is 23.1 Å². The van der Waals surface area contributed by atoms with E-state index in [1.807, 2.05) is 0 Å². The first kappa shape index (κ1) is 14.2. The van der Waals surface area contributed by atoms with Gasteiger partial charge in [-0.25, -0.2) is 0 Å². The van der Waals surface area contributed by atoms with Gasteiger partial charge in [0.2, 0.25) is 0 Å². The summed E-state index contributed by atoms with van der Waals surface area (Å²) in [4.78, 5) is 0. The lowest BCUT2D eigenvalue weighted by Crippen LogP contribution is -2.58. The molecule has 4 rings (SSSR count). The van der Waals surface area contributed by atoms with Crippen LogP contribution in [0.4, 0.5) is 0 Å². The molecule has 0 amide bonds. The monoisotopic (exact) mass is 279 g/mol. The summed E-state index contributed by atoms with van der Waals surface area (Å²) >= 11 is 0. The highest BCUT2D eigenvalue weighted by Crippen LogP contribution is 2.61. The highest BCUT2D eigenvalue weighted by molar-refractivity contribution is 5.85. The molecule has 0 aromatic rings. The second-order valence-corrected chi connectivity index (χ2v) is 7.65. The molecule has 4 aliphatic carbocycles. The molecule has 0 heterocycles. The smallest absolute Gasteiger partial charge is 0.156 e. The fourth-order valence-electron chi connectivity index (χ4n) is 5.67. The zero-order valence-electron chi connectivity index (χ0n) is 12.8. The van der Waals surface area contributed by atoms with Crippen molar-refractivity contribution >= 4 is 5.84 Å². The standard InChI is InChI=1S/C16H29N3O/c1-3-14(15(17)19-20)18-10(2)16-7-11-4-12(8-16)6-13(5-11)9-16/h10-14,18,20H,3-9H2,1-2H3,(H2,17,19). The van der Waals surface area contributed by atoms with Crippen molar-refractivity contribution in [2.45, 2.75) is 70.9 Å². The average molecular weight is 279 g/mol. The van der Waals surface area contributed by atoms with Crippen LogP contribution in [0.5, 0.6) is 0 Å². The summed E-state index contributed by atoms with van der Waals surface area (Å²) in [5.41, 5.74) is 6.28. The Hall–Kier alpha value is -0.770. The third-order valence-corrected chi connectivity index (χ3v) is 6.34. The van der Waals surface area contributed by atoms with E-state index in [1.54, 1.807) is 0 Å². The molecule has 2 atom stereocenters. The van der Waals surface area contributed by atoms with Gasteiger partial charge in [-0.3, -0.25) is 0 Å². The first-order valence-corrected chi connectivity index (χ1v) is 8.29. The van der Waals surface area contributed by atoms with Crippen LogP contribution in [0.15, 0.2) is 5.16 Å². The van der Waals surface area contributed by atoms with Crippen LogP contribution in [0.1, 0.15) is 58.8 Å². The SMILES string of the molecule is CCC(NC(C)C12CC3CC(CC(C3)C1)C2)C(N)=NO. The quantitative estimate of drug-likeness (QED) is 0.314. The topological polar surface area (TPSA) is 70.6 Å². The fraction of sp³-hybridized carbons (Fsp3) is 0.938. The van der Waals surface area contributed by atoms with Gasteiger partial charge in [-0.1, -0.05) is 12.1 Å². The minimum absolute atomic E-state index is 0.00278. The molecule has 114 valence electrons. The van der Waals surface area contributed by atoms with Crippen LogP contribution in [0.25, 0.3) is 0 Å². The van der Waals surface area contributed by atoms with Crippen LogP contribution in [0.3, 0.4) is 0 Å². The summed E-state index contributed by atoms with van der Waals surface area (Å²) in [6, 6.07) is 0.462. The minimum Gasteiger partial charge on any atom is -0.409 e. The number of hydrogen-bond acceptors (Lipinski definition) is 3. The van der Waals surface area contributed by atoms with E-state index in [9.17, 15) is 0 Å². The molecular weight excluding hydrogens is 250 g/mol. The summed E-state index contributed by atoms with van der Waals surface area (Å²) in [5.74, 6) is 3.22. The van der Waals surface area contributed by atoms with Gasteiger partial charge in [-0.15, -0.1) is 0 Å². The van der Waals surface area contributed by atoms with E-state index >= 15 is 0 Å². The van der Waals surface area contributed by atoms with E-state index in [1.165, 1.54) is 38.5 Å². The molecule has 0 spiro atoms. The van der Waals surface area contributed by atoms with Crippen LogP contribution in [0.2, 0.25) is 0 Å². The summed E-state index contributed by atoms with van der Waals surface area (Å²) in [6.45, 7) is 4.41. The summed E-state index contributed by atoms with van der Waals surface area (Å²) in [5, 5.41) is 15.8. The van der Waals surface area contributed by atoms with Gasteiger partial charge < -0.3 is 16.3 Å². The minimum atomic E-state index is 0.00278. The van der Waals surface area contributed by atoms with E-state index in [-0.39, 0.29) is 6.04 Å². The molecular formula is C16H29N3O.